The molecule has 1 amide bonds. The van der Waals surface area contributed by atoms with Crippen LogP contribution < -0.4 is 15.4 Å². The number of hydrogen-bond acceptors (Lipinski definition) is 4. The highest BCUT2D eigenvalue weighted by atomic mass is 35.5. The second-order valence-corrected chi connectivity index (χ2v) is 5.00. The molecule has 0 spiro atoms. The molecule has 0 bridgehead atoms. The fourth-order valence-electron chi connectivity index (χ4n) is 1.86. The zero-order valence-electron chi connectivity index (χ0n) is 10.2. The molecule has 1 aromatic heterocycles. The van der Waals surface area contributed by atoms with Crippen LogP contribution in [0.2, 0.25) is 10.2 Å². The van der Waals surface area contributed by atoms with E-state index in [0.29, 0.717) is 39.7 Å². The van der Waals surface area contributed by atoms with Gasteiger partial charge in [-0.15, -0.1) is 0 Å². The molecule has 1 aliphatic rings. The number of rotatable bonds is 3. The molecule has 0 saturated carbocycles. The number of benzene rings is 1. The van der Waals surface area contributed by atoms with Crippen LogP contribution in [0.15, 0.2) is 28.7 Å². The van der Waals surface area contributed by atoms with Crippen molar-refractivity contribution < 1.29 is 13.9 Å². The van der Waals surface area contributed by atoms with Crippen molar-refractivity contribution in [2.24, 2.45) is 0 Å². The lowest BCUT2D eigenvalue weighted by Gasteiger charge is -2.19. The summed E-state index contributed by atoms with van der Waals surface area (Å²) in [5, 5.41) is 6.64. The van der Waals surface area contributed by atoms with Crippen LogP contribution in [-0.4, -0.2) is 12.5 Å². The first-order chi connectivity index (χ1) is 9.61. The predicted molar refractivity (Wildman–Crippen MR) is 76.6 cm³/mol. The molecule has 0 unspecified atom stereocenters. The largest absolute Gasteiger partial charge is 0.482 e. The van der Waals surface area contributed by atoms with Crippen molar-refractivity contribution in [1.29, 1.82) is 0 Å². The van der Waals surface area contributed by atoms with Gasteiger partial charge in [0.05, 0.1) is 22.9 Å². The van der Waals surface area contributed by atoms with Crippen molar-refractivity contribution in [2.45, 2.75) is 6.54 Å². The molecule has 1 aliphatic heterocycles. The van der Waals surface area contributed by atoms with Crippen molar-refractivity contribution in [3.8, 4) is 5.75 Å². The Kier molecular flexibility index (Phi) is 3.46. The van der Waals surface area contributed by atoms with E-state index in [0.717, 1.165) is 0 Å². The Labute approximate surface area is 124 Å². The van der Waals surface area contributed by atoms with Gasteiger partial charge in [0.1, 0.15) is 11.5 Å². The van der Waals surface area contributed by atoms with Crippen LogP contribution in [0.1, 0.15) is 5.76 Å². The molecule has 5 nitrogen and oxygen atoms in total. The molecule has 20 heavy (non-hydrogen) atoms. The molecular formula is C13H10Cl2N2O3. The van der Waals surface area contributed by atoms with E-state index in [1.165, 1.54) is 0 Å². The van der Waals surface area contributed by atoms with Gasteiger partial charge < -0.3 is 19.8 Å². The Morgan fingerprint density at radius 2 is 2.15 bits per heavy atom. The third-order valence-corrected chi connectivity index (χ3v) is 3.30. The molecule has 3 rings (SSSR count). The molecule has 7 heteroatoms. The number of anilines is 2. The van der Waals surface area contributed by atoms with E-state index in [1.807, 2.05) is 0 Å². The van der Waals surface area contributed by atoms with E-state index in [4.69, 9.17) is 32.4 Å². The van der Waals surface area contributed by atoms with E-state index in [1.54, 1.807) is 24.3 Å². The zero-order chi connectivity index (χ0) is 14.1. The minimum Gasteiger partial charge on any atom is -0.482 e. The normalized spacial score (nSPS) is 13.4. The highest BCUT2D eigenvalue weighted by molar-refractivity contribution is 6.33. The van der Waals surface area contributed by atoms with Gasteiger partial charge in [-0.1, -0.05) is 11.6 Å². The summed E-state index contributed by atoms with van der Waals surface area (Å²) >= 11 is 11.9. The van der Waals surface area contributed by atoms with Gasteiger partial charge in [0.2, 0.25) is 0 Å². The lowest BCUT2D eigenvalue weighted by atomic mass is 10.2. The number of amides is 1. The number of hydrogen-bond donors (Lipinski definition) is 2. The number of carbonyl (C=O) groups is 1. The van der Waals surface area contributed by atoms with Gasteiger partial charge >= 0.3 is 0 Å². The molecule has 2 aromatic rings. The Morgan fingerprint density at radius 3 is 2.90 bits per heavy atom. The summed E-state index contributed by atoms with van der Waals surface area (Å²) in [6.07, 6.45) is 0. The molecule has 0 aliphatic carbocycles. The van der Waals surface area contributed by atoms with Crippen LogP contribution in [0.4, 0.5) is 11.4 Å². The molecule has 1 aromatic carbocycles. The lowest BCUT2D eigenvalue weighted by molar-refractivity contribution is -0.118. The second-order valence-electron chi connectivity index (χ2n) is 4.22. The molecule has 2 N–H and O–H groups in total. The summed E-state index contributed by atoms with van der Waals surface area (Å²) in [4.78, 5) is 11.2. The van der Waals surface area contributed by atoms with Crippen LogP contribution in [-0.2, 0) is 11.3 Å². The van der Waals surface area contributed by atoms with E-state index >= 15 is 0 Å². The van der Waals surface area contributed by atoms with Crippen LogP contribution >= 0.6 is 23.2 Å². The van der Waals surface area contributed by atoms with Crippen molar-refractivity contribution in [2.75, 3.05) is 17.2 Å². The van der Waals surface area contributed by atoms with Gasteiger partial charge in [-0.3, -0.25) is 4.79 Å². The second kappa shape index (κ2) is 5.26. The minimum absolute atomic E-state index is 0.00185. The smallest absolute Gasteiger partial charge is 0.262 e. The standard InChI is InChI=1S/C13H10Cl2N2O3/c14-8-3-10-11(19-6-13(18)17-10)4-9(8)16-5-7-1-2-12(15)20-7/h1-4,16H,5-6H2,(H,17,18). The number of carbonyl (C=O) groups excluding carboxylic acids is 1. The van der Waals surface area contributed by atoms with Gasteiger partial charge in [-0.05, 0) is 29.8 Å². The molecule has 0 fully saturated rings. The third kappa shape index (κ3) is 2.69. The van der Waals surface area contributed by atoms with Gasteiger partial charge in [0.25, 0.3) is 5.91 Å². The van der Waals surface area contributed by atoms with E-state index in [2.05, 4.69) is 10.6 Å². The van der Waals surface area contributed by atoms with Crippen molar-refractivity contribution in [3.05, 3.63) is 40.3 Å². The summed E-state index contributed by atoms with van der Waals surface area (Å²) < 4.78 is 10.6. The van der Waals surface area contributed by atoms with Crippen LogP contribution in [0.25, 0.3) is 0 Å². The SMILES string of the molecule is O=C1COc2cc(NCc3ccc(Cl)o3)c(Cl)cc2N1. The first kappa shape index (κ1) is 13.1. The monoisotopic (exact) mass is 312 g/mol. The predicted octanol–water partition coefficient (Wildman–Crippen LogP) is 3.53. The highest BCUT2D eigenvalue weighted by Crippen LogP contribution is 2.36. The van der Waals surface area contributed by atoms with Gasteiger partial charge in [0.15, 0.2) is 11.8 Å². The maximum absolute atomic E-state index is 11.2. The van der Waals surface area contributed by atoms with Crippen LogP contribution in [0, 0.1) is 0 Å². The van der Waals surface area contributed by atoms with Gasteiger partial charge in [-0.25, -0.2) is 0 Å². The Bertz CT molecular complexity index is 670. The highest BCUT2D eigenvalue weighted by Gasteiger charge is 2.18. The average Bonchev–Trinajstić information content (AvgIpc) is 2.82. The van der Waals surface area contributed by atoms with Gasteiger partial charge in [0, 0.05) is 6.07 Å². The van der Waals surface area contributed by atoms with E-state index in [-0.39, 0.29) is 12.5 Å². The third-order valence-electron chi connectivity index (χ3n) is 2.78. The number of halogens is 2. The molecule has 104 valence electrons. The molecule has 0 atom stereocenters. The average molecular weight is 313 g/mol. The molecular weight excluding hydrogens is 303 g/mol. The van der Waals surface area contributed by atoms with Gasteiger partial charge in [-0.2, -0.15) is 0 Å². The van der Waals surface area contributed by atoms with Crippen LogP contribution in [0.5, 0.6) is 5.75 Å². The van der Waals surface area contributed by atoms with Crippen LogP contribution in [0.3, 0.4) is 0 Å². The summed E-state index contributed by atoms with van der Waals surface area (Å²) in [5.74, 6) is 1.08. The number of ether oxygens (including phenoxy) is 1. The number of furan rings is 1. The first-order valence-corrected chi connectivity index (χ1v) is 6.62. The fourth-order valence-corrected chi connectivity index (χ4v) is 2.26. The van der Waals surface area contributed by atoms with E-state index < -0.39 is 0 Å². The first-order valence-electron chi connectivity index (χ1n) is 5.86. The summed E-state index contributed by atoms with van der Waals surface area (Å²) in [6.45, 7) is 0.444. The summed E-state index contributed by atoms with van der Waals surface area (Å²) in [5.41, 5.74) is 1.26. The number of fused-ring (bicyclic) bond motifs is 1. The molecule has 0 radical (unpaired) electrons. The molecule has 2 heterocycles. The topological polar surface area (TPSA) is 63.5 Å². The van der Waals surface area contributed by atoms with Crippen molar-refractivity contribution >= 4 is 40.5 Å². The quantitative estimate of drug-likeness (QED) is 0.910. The number of nitrogens with one attached hydrogen (secondary N) is 2. The Balaban J connectivity index is 1.78. The van der Waals surface area contributed by atoms with Crippen molar-refractivity contribution in [3.63, 3.8) is 0 Å². The molecule has 0 saturated heterocycles. The zero-order valence-corrected chi connectivity index (χ0v) is 11.7. The fraction of sp³-hybridized carbons (Fsp3) is 0.154. The summed E-state index contributed by atoms with van der Waals surface area (Å²) in [7, 11) is 0. The Morgan fingerprint density at radius 1 is 1.30 bits per heavy atom. The van der Waals surface area contributed by atoms with E-state index in [9.17, 15) is 4.79 Å². The summed E-state index contributed by atoms with van der Waals surface area (Å²) in [6, 6.07) is 6.83. The Hall–Kier alpha value is -1.85. The minimum atomic E-state index is -0.195. The maximum atomic E-state index is 11.2. The lowest BCUT2D eigenvalue weighted by Crippen LogP contribution is -2.25. The van der Waals surface area contributed by atoms with Crippen molar-refractivity contribution in [1.82, 2.24) is 0 Å². The maximum Gasteiger partial charge on any atom is 0.262 e.